The van der Waals surface area contributed by atoms with E-state index in [0.29, 0.717) is 23.0 Å². The molecule has 0 bridgehead atoms. The quantitative estimate of drug-likeness (QED) is 0.685. The van der Waals surface area contributed by atoms with Crippen LogP contribution in [0.15, 0.2) is 48.5 Å². The number of nitrogens with one attached hydrogen (secondary N) is 2. The fourth-order valence-corrected chi connectivity index (χ4v) is 3.16. The van der Waals surface area contributed by atoms with Gasteiger partial charge in [-0.1, -0.05) is 24.3 Å². The number of carbonyl (C=O) groups excluding carboxylic acids is 1. The first kappa shape index (κ1) is 17.3. The molecule has 4 rings (SSSR count). The van der Waals surface area contributed by atoms with Crippen LogP contribution in [0.1, 0.15) is 30.0 Å². The van der Waals surface area contributed by atoms with Crippen molar-refractivity contribution in [3.8, 4) is 17.0 Å². The number of nitrogens with zero attached hydrogens (tertiary/aromatic N) is 1. The van der Waals surface area contributed by atoms with Crippen molar-refractivity contribution in [2.24, 2.45) is 0 Å². The molecule has 0 atom stereocenters. The van der Waals surface area contributed by atoms with E-state index in [-0.39, 0.29) is 18.1 Å². The summed E-state index contributed by atoms with van der Waals surface area (Å²) in [5.41, 5.74) is 3.89. The first-order valence-electron chi connectivity index (χ1n) is 8.91. The maximum atomic E-state index is 13.1. The van der Waals surface area contributed by atoms with Crippen LogP contribution in [-0.4, -0.2) is 23.2 Å². The zero-order chi connectivity index (χ0) is 18.8. The molecule has 2 aromatic carbocycles. The first-order valence-corrected chi connectivity index (χ1v) is 8.91. The third kappa shape index (κ3) is 3.69. The molecule has 5 nitrogen and oxygen atoms in total. The molecule has 3 aromatic rings. The van der Waals surface area contributed by atoms with Crippen molar-refractivity contribution >= 4 is 11.6 Å². The van der Waals surface area contributed by atoms with E-state index < -0.39 is 0 Å². The van der Waals surface area contributed by atoms with E-state index in [1.54, 1.807) is 19.2 Å². The van der Waals surface area contributed by atoms with Gasteiger partial charge in [-0.05, 0) is 42.7 Å². The molecule has 1 fully saturated rings. The third-order valence-corrected chi connectivity index (χ3v) is 4.68. The average molecular weight is 365 g/mol. The molecule has 1 heterocycles. The highest BCUT2D eigenvalue weighted by Gasteiger charge is 2.31. The summed E-state index contributed by atoms with van der Waals surface area (Å²) in [5.74, 6) is 0.604. The second-order valence-electron chi connectivity index (χ2n) is 6.69. The highest BCUT2D eigenvalue weighted by atomic mass is 19.1. The molecule has 0 unspecified atom stereocenters. The van der Waals surface area contributed by atoms with Gasteiger partial charge in [-0.15, -0.1) is 0 Å². The summed E-state index contributed by atoms with van der Waals surface area (Å²) < 4.78 is 18.5. The van der Waals surface area contributed by atoms with E-state index in [0.717, 1.165) is 29.7 Å². The average Bonchev–Trinajstić information content (AvgIpc) is 3.44. The Morgan fingerprint density at radius 2 is 1.96 bits per heavy atom. The van der Waals surface area contributed by atoms with Gasteiger partial charge >= 0.3 is 0 Å². The van der Waals surface area contributed by atoms with Crippen molar-refractivity contribution in [1.82, 2.24) is 10.2 Å². The van der Waals surface area contributed by atoms with Crippen LogP contribution >= 0.6 is 0 Å². The molecule has 1 amide bonds. The fourth-order valence-electron chi connectivity index (χ4n) is 3.16. The Balaban J connectivity index is 1.63. The molecule has 138 valence electrons. The number of H-pyrrole nitrogens is 1. The Morgan fingerprint density at radius 1 is 1.22 bits per heavy atom. The van der Waals surface area contributed by atoms with E-state index in [1.807, 2.05) is 24.3 Å². The molecule has 0 saturated heterocycles. The van der Waals surface area contributed by atoms with Crippen molar-refractivity contribution in [3.63, 3.8) is 0 Å². The summed E-state index contributed by atoms with van der Waals surface area (Å²) in [6.45, 7) is 0. The molecule has 1 aliphatic carbocycles. The van der Waals surface area contributed by atoms with Gasteiger partial charge in [0.2, 0.25) is 5.91 Å². The van der Waals surface area contributed by atoms with Gasteiger partial charge in [0.25, 0.3) is 0 Å². The molecular weight excluding hydrogens is 345 g/mol. The monoisotopic (exact) mass is 365 g/mol. The van der Waals surface area contributed by atoms with Gasteiger partial charge in [-0.25, -0.2) is 4.39 Å². The summed E-state index contributed by atoms with van der Waals surface area (Å²) in [5, 5.41) is 10.6. The topological polar surface area (TPSA) is 67.0 Å². The minimum absolute atomic E-state index is 0.166. The number of aromatic nitrogens is 2. The smallest absolute Gasteiger partial charge is 0.228 e. The van der Waals surface area contributed by atoms with Gasteiger partial charge in [-0.3, -0.25) is 9.89 Å². The van der Waals surface area contributed by atoms with Crippen LogP contribution in [0.25, 0.3) is 11.3 Å². The second kappa shape index (κ2) is 7.23. The lowest BCUT2D eigenvalue weighted by atomic mass is 10.1. The second-order valence-corrected chi connectivity index (χ2v) is 6.69. The standard InChI is InChI=1S/C21H20FN3O2/c1-27-17-5-3-2-4-16(17)20-21(19(24-25-20)14-8-9-14)23-18(26)12-13-6-10-15(22)11-7-13/h2-7,10-11,14H,8-9,12H2,1H3,(H,23,26)(H,24,25). The van der Waals surface area contributed by atoms with Gasteiger partial charge in [0.1, 0.15) is 17.3 Å². The minimum atomic E-state index is -0.316. The Kier molecular flexibility index (Phi) is 4.62. The molecule has 0 spiro atoms. The Morgan fingerprint density at radius 3 is 2.67 bits per heavy atom. The molecular formula is C21H20FN3O2. The fraction of sp³-hybridized carbons (Fsp3) is 0.238. The number of amides is 1. The predicted molar refractivity (Wildman–Crippen MR) is 101 cm³/mol. The van der Waals surface area contributed by atoms with Crippen molar-refractivity contribution in [2.75, 3.05) is 12.4 Å². The normalized spacial score (nSPS) is 13.4. The lowest BCUT2D eigenvalue weighted by Gasteiger charge is -2.11. The van der Waals surface area contributed by atoms with E-state index >= 15 is 0 Å². The van der Waals surface area contributed by atoms with E-state index in [2.05, 4.69) is 15.5 Å². The number of hydrogen-bond acceptors (Lipinski definition) is 3. The molecule has 1 saturated carbocycles. The van der Waals surface area contributed by atoms with Crippen LogP contribution in [0.4, 0.5) is 10.1 Å². The van der Waals surface area contributed by atoms with Gasteiger partial charge in [0.15, 0.2) is 0 Å². The first-order chi connectivity index (χ1) is 13.2. The number of carbonyl (C=O) groups is 1. The van der Waals surface area contributed by atoms with Crippen LogP contribution in [0.5, 0.6) is 5.75 Å². The summed E-state index contributed by atoms with van der Waals surface area (Å²) in [4.78, 5) is 12.6. The van der Waals surface area contributed by atoms with Crippen LogP contribution in [0.2, 0.25) is 0 Å². The van der Waals surface area contributed by atoms with Crippen LogP contribution in [0.3, 0.4) is 0 Å². The van der Waals surface area contributed by atoms with Crippen molar-refractivity contribution in [3.05, 3.63) is 65.6 Å². The molecule has 1 aliphatic rings. The number of benzene rings is 2. The third-order valence-electron chi connectivity index (χ3n) is 4.68. The molecule has 27 heavy (non-hydrogen) atoms. The van der Waals surface area contributed by atoms with Gasteiger partial charge in [0.05, 0.1) is 24.9 Å². The lowest BCUT2D eigenvalue weighted by Crippen LogP contribution is -2.15. The number of halogens is 1. The number of rotatable bonds is 6. The van der Waals surface area contributed by atoms with Crippen LogP contribution in [-0.2, 0) is 11.2 Å². The van der Waals surface area contributed by atoms with E-state index in [1.165, 1.54) is 12.1 Å². The number of anilines is 1. The summed E-state index contributed by atoms with van der Waals surface area (Å²) in [6, 6.07) is 13.5. The number of hydrogen-bond donors (Lipinski definition) is 2. The van der Waals surface area contributed by atoms with Crippen molar-refractivity contribution < 1.29 is 13.9 Å². The number of aromatic amines is 1. The molecule has 2 N–H and O–H groups in total. The highest BCUT2D eigenvalue weighted by molar-refractivity contribution is 5.97. The number of ether oxygens (including phenoxy) is 1. The van der Waals surface area contributed by atoms with Gasteiger partial charge in [0, 0.05) is 11.5 Å². The number of para-hydroxylation sites is 1. The SMILES string of the molecule is COc1ccccc1-c1n[nH]c(C2CC2)c1NC(=O)Cc1ccc(F)cc1. The summed E-state index contributed by atoms with van der Waals surface area (Å²) >= 11 is 0. The summed E-state index contributed by atoms with van der Waals surface area (Å²) in [6.07, 6.45) is 2.32. The number of methoxy groups -OCH3 is 1. The maximum Gasteiger partial charge on any atom is 0.228 e. The predicted octanol–water partition coefficient (Wildman–Crippen LogP) is 4.28. The van der Waals surface area contributed by atoms with E-state index in [4.69, 9.17) is 4.74 Å². The van der Waals surface area contributed by atoms with Crippen LogP contribution in [0, 0.1) is 5.82 Å². The lowest BCUT2D eigenvalue weighted by molar-refractivity contribution is -0.115. The van der Waals surface area contributed by atoms with Crippen molar-refractivity contribution in [1.29, 1.82) is 0 Å². The van der Waals surface area contributed by atoms with Gasteiger partial charge < -0.3 is 10.1 Å². The van der Waals surface area contributed by atoms with E-state index in [9.17, 15) is 9.18 Å². The molecule has 0 radical (unpaired) electrons. The summed E-state index contributed by atoms with van der Waals surface area (Å²) in [7, 11) is 1.61. The highest BCUT2D eigenvalue weighted by Crippen LogP contribution is 2.46. The largest absolute Gasteiger partial charge is 0.496 e. The Hall–Kier alpha value is -3.15. The molecule has 0 aliphatic heterocycles. The van der Waals surface area contributed by atoms with Gasteiger partial charge in [-0.2, -0.15) is 5.10 Å². The van der Waals surface area contributed by atoms with Crippen molar-refractivity contribution in [2.45, 2.75) is 25.2 Å². The van der Waals surface area contributed by atoms with Crippen LogP contribution < -0.4 is 10.1 Å². The zero-order valence-electron chi connectivity index (χ0n) is 15.0. The Labute approximate surface area is 156 Å². The molecule has 1 aromatic heterocycles. The maximum absolute atomic E-state index is 13.1. The molecule has 6 heteroatoms. The Bertz CT molecular complexity index is 962. The minimum Gasteiger partial charge on any atom is -0.496 e. The zero-order valence-corrected chi connectivity index (χ0v) is 15.0.